The number of hydrogen-bond donors (Lipinski definition) is 0. The smallest absolute Gasteiger partial charge is 0.410 e. The zero-order valence-electron chi connectivity index (χ0n) is 18.9. The average Bonchev–Trinajstić information content (AvgIpc) is 3.14. The van der Waals surface area contributed by atoms with Gasteiger partial charge in [0.05, 0.1) is 13.1 Å². The number of halogens is 1. The fourth-order valence-corrected chi connectivity index (χ4v) is 4.56. The molecule has 1 aliphatic rings. The van der Waals surface area contributed by atoms with Gasteiger partial charge >= 0.3 is 6.09 Å². The van der Waals surface area contributed by atoms with Crippen molar-refractivity contribution in [3.63, 3.8) is 0 Å². The second kappa shape index (κ2) is 8.94. The highest BCUT2D eigenvalue weighted by Gasteiger charge is 2.35. The van der Waals surface area contributed by atoms with E-state index in [1.165, 1.54) is 28.1 Å². The number of carbonyl (C=O) groups excluding carboxylic acids is 1. The minimum Gasteiger partial charge on any atom is -0.487 e. The summed E-state index contributed by atoms with van der Waals surface area (Å²) in [7, 11) is 0. The lowest BCUT2D eigenvalue weighted by molar-refractivity contribution is -0.0221. The molecule has 0 saturated carbocycles. The van der Waals surface area contributed by atoms with Gasteiger partial charge in [0.2, 0.25) is 0 Å². The third-order valence-electron chi connectivity index (χ3n) is 5.28. The Morgan fingerprint density at radius 3 is 2.50 bits per heavy atom. The Morgan fingerprint density at radius 2 is 1.81 bits per heavy atom. The number of benzene rings is 2. The number of rotatable bonds is 5. The van der Waals surface area contributed by atoms with Gasteiger partial charge in [-0.15, -0.1) is 11.3 Å². The van der Waals surface area contributed by atoms with Crippen LogP contribution >= 0.6 is 11.3 Å². The molecule has 4 nitrogen and oxygen atoms in total. The highest BCUT2D eigenvalue weighted by Crippen LogP contribution is 2.31. The van der Waals surface area contributed by atoms with Crippen LogP contribution in [-0.4, -0.2) is 35.8 Å². The maximum absolute atomic E-state index is 13.2. The molecule has 0 N–H and O–H groups in total. The monoisotopic (exact) mass is 453 g/mol. The molecule has 2 aromatic carbocycles. The first-order valence-electron chi connectivity index (χ1n) is 10.7. The summed E-state index contributed by atoms with van der Waals surface area (Å²) in [6.45, 7) is 8.75. The van der Waals surface area contributed by atoms with Gasteiger partial charge in [0.25, 0.3) is 0 Å². The lowest BCUT2D eigenvalue weighted by Crippen LogP contribution is -2.57. The van der Waals surface area contributed by atoms with Crippen molar-refractivity contribution in [3.05, 3.63) is 76.4 Å². The number of amides is 1. The maximum Gasteiger partial charge on any atom is 0.410 e. The largest absolute Gasteiger partial charge is 0.487 e. The zero-order chi connectivity index (χ0) is 22.9. The first-order chi connectivity index (χ1) is 15.2. The minimum atomic E-state index is -0.493. The predicted octanol–water partition coefficient (Wildman–Crippen LogP) is 6.45. The second-order valence-electron chi connectivity index (χ2n) is 9.16. The number of carbonyl (C=O) groups is 1. The van der Waals surface area contributed by atoms with Crippen LogP contribution in [0.1, 0.15) is 36.8 Å². The lowest BCUT2D eigenvalue weighted by Gasteiger charge is -2.39. The first kappa shape index (κ1) is 22.3. The third kappa shape index (κ3) is 5.49. The Bertz CT molecular complexity index is 1100. The Kier molecular flexibility index (Phi) is 6.24. The van der Waals surface area contributed by atoms with E-state index in [9.17, 15) is 9.18 Å². The van der Waals surface area contributed by atoms with Gasteiger partial charge in [-0.3, -0.25) is 0 Å². The fourth-order valence-electron chi connectivity index (χ4n) is 3.52. The molecule has 2 heterocycles. The zero-order valence-corrected chi connectivity index (χ0v) is 19.7. The van der Waals surface area contributed by atoms with E-state index in [4.69, 9.17) is 9.47 Å². The Morgan fingerprint density at radius 1 is 1.09 bits per heavy atom. The van der Waals surface area contributed by atoms with Crippen molar-refractivity contribution in [1.29, 1.82) is 0 Å². The van der Waals surface area contributed by atoms with Crippen molar-refractivity contribution in [2.75, 3.05) is 13.1 Å². The van der Waals surface area contributed by atoms with Crippen LogP contribution in [0.25, 0.3) is 10.4 Å². The van der Waals surface area contributed by atoms with E-state index in [0.717, 1.165) is 22.6 Å². The Labute approximate surface area is 192 Å². The Balaban J connectivity index is 1.37. The van der Waals surface area contributed by atoms with Crippen LogP contribution in [0.4, 0.5) is 9.18 Å². The molecule has 0 unspecified atom stereocenters. The van der Waals surface area contributed by atoms with E-state index >= 15 is 0 Å². The van der Waals surface area contributed by atoms with Gasteiger partial charge < -0.3 is 14.4 Å². The van der Waals surface area contributed by atoms with Gasteiger partial charge in [0.1, 0.15) is 23.3 Å². The number of likely N-dealkylation sites (tertiary alicyclic amines) is 1. The van der Waals surface area contributed by atoms with Gasteiger partial charge in [0.15, 0.2) is 0 Å². The van der Waals surface area contributed by atoms with Crippen LogP contribution in [0.5, 0.6) is 5.75 Å². The number of hydrogen-bond acceptors (Lipinski definition) is 4. The van der Waals surface area contributed by atoms with Crippen LogP contribution in [0.3, 0.4) is 0 Å². The molecule has 0 radical (unpaired) electrons. The summed E-state index contributed by atoms with van der Waals surface area (Å²) in [6.07, 6.45) is 0.491. The van der Waals surface area contributed by atoms with Gasteiger partial charge in [0, 0.05) is 16.2 Å². The van der Waals surface area contributed by atoms with Crippen LogP contribution < -0.4 is 4.74 Å². The van der Waals surface area contributed by atoms with Crippen molar-refractivity contribution >= 4 is 17.4 Å². The average molecular weight is 454 g/mol. The molecule has 168 valence electrons. The summed E-state index contributed by atoms with van der Waals surface area (Å²) in [5.41, 5.74) is 2.94. The van der Waals surface area contributed by atoms with Crippen molar-refractivity contribution in [1.82, 2.24) is 4.90 Å². The molecule has 1 amide bonds. The molecule has 4 rings (SSSR count). The predicted molar refractivity (Wildman–Crippen MR) is 126 cm³/mol. The minimum absolute atomic E-state index is 0.0232. The maximum atomic E-state index is 13.2. The van der Waals surface area contributed by atoms with Crippen molar-refractivity contribution < 1.29 is 18.7 Å². The molecule has 0 spiro atoms. The van der Waals surface area contributed by atoms with E-state index in [1.54, 1.807) is 16.2 Å². The molecule has 6 heteroatoms. The van der Waals surface area contributed by atoms with E-state index in [-0.39, 0.29) is 18.0 Å². The third-order valence-corrected chi connectivity index (χ3v) is 6.41. The molecule has 1 aliphatic heterocycles. The highest BCUT2D eigenvalue weighted by atomic mass is 32.1. The van der Waals surface area contributed by atoms with E-state index in [1.807, 2.05) is 39.0 Å². The van der Waals surface area contributed by atoms with Crippen molar-refractivity contribution in [3.8, 4) is 16.2 Å². The molecule has 32 heavy (non-hydrogen) atoms. The molecular formula is C26H28FNO3S. The topological polar surface area (TPSA) is 38.8 Å². The number of ether oxygens (including phenoxy) is 2. The normalized spacial score (nSPS) is 14.2. The summed E-state index contributed by atoms with van der Waals surface area (Å²) >= 11 is 1.72. The van der Waals surface area contributed by atoms with Gasteiger partial charge in [-0.1, -0.05) is 18.2 Å². The number of aryl methyl sites for hydroxylation is 1. The summed E-state index contributed by atoms with van der Waals surface area (Å²) in [6, 6.07) is 16.9. The lowest BCUT2D eigenvalue weighted by atomic mass is 10.0. The van der Waals surface area contributed by atoms with Gasteiger partial charge in [-0.05, 0) is 80.8 Å². The summed E-state index contributed by atoms with van der Waals surface area (Å²) in [4.78, 5) is 16.1. The first-order valence-corrected chi connectivity index (χ1v) is 11.6. The fraction of sp³-hybridized carbons (Fsp3) is 0.346. The molecule has 1 fully saturated rings. The summed E-state index contributed by atoms with van der Waals surface area (Å²) in [5.74, 6) is 0.591. The Hall–Kier alpha value is -2.86. The SMILES string of the molecule is Cc1ccc(OC2CN(C(=O)OC(C)(C)C)C2)cc1Cc1ccc(-c2ccc(F)cc2)s1. The number of thiophene rings is 1. The van der Waals surface area contributed by atoms with E-state index < -0.39 is 5.60 Å². The number of nitrogens with zero attached hydrogens (tertiary/aromatic N) is 1. The standard InChI is InChI=1S/C26H28FNO3S/c1-17-5-10-21(30-22-15-28(16-22)25(29)31-26(2,3)4)13-19(17)14-23-11-12-24(32-23)18-6-8-20(27)9-7-18/h5-13,22H,14-16H2,1-4H3. The molecule has 1 aromatic heterocycles. The van der Waals surface area contributed by atoms with Crippen LogP contribution in [0.2, 0.25) is 0 Å². The molecular weight excluding hydrogens is 425 g/mol. The van der Waals surface area contributed by atoms with Crippen LogP contribution in [0.15, 0.2) is 54.6 Å². The highest BCUT2D eigenvalue weighted by molar-refractivity contribution is 7.15. The summed E-state index contributed by atoms with van der Waals surface area (Å²) in [5, 5.41) is 0. The second-order valence-corrected chi connectivity index (χ2v) is 10.3. The quantitative estimate of drug-likeness (QED) is 0.445. The van der Waals surface area contributed by atoms with Crippen LogP contribution in [-0.2, 0) is 11.2 Å². The van der Waals surface area contributed by atoms with Gasteiger partial charge in [-0.25, -0.2) is 9.18 Å². The molecule has 0 atom stereocenters. The van der Waals surface area contributed by atoms with Crippen molar-refractivity contribution in [2.24, 2.45) is 0 Å². The van der Waals surface area contributed by atoms with E-state index in [0.29, 0.717) is 13.1 Å². The van der Waals surface area contributed by atoms with Crippen molar-refractivity contribution in [2.45, 2.75) is 45.8 Å². The van der Waals surface area contributed by atoms with E-state index in [2.05, 4.69) is 31.2 Å². The summed E-state index contributed by atoms with van der Waals surface area (Å²) < 4.78 is 24.7. The van der Waals surface area contributed by atoms with Crippen LogP contribution in [0, 0.1) is 12.7 Å². The van der Waals surface area contributed by atoms with Gasteiger partial charge in [-0.2, -0.15) is 0 Å². The molecule has 0 aliphatic carbocycles. The molecule has 3 aromatic rings. The molecule has 0 bridgehead atoms. The molecule has 1 saturated heterocycles.